The monoisotopic (exact) mass is 458 g/mol. The van der Waals surface area contributed by atoms with E-state index in [4.69, 9.17) is 9.26 Å². The van der Waals surface area contributed by atoms with Gasteiger partial charge in [-0.15, -0.1) is 0 Å². The van der Waals surface area contributed by atoms with E-state index in [1.807, 2.05) is 6.92 Å². The number of hydrogen-bond donors (Lipinski definition) is 0. The summed E-state index contributed by atoms with van der Waals surface area (Å²) in [5, 5.41) is 3.71. The van der Waals surface area contributed by atoms with Gasteiger partial charge in [0.25, 0.3) is 11.4 Å². The van der Waals surface area contributed by atoms with Crippen LogP contribution in [0.1, 0.15) is 34.4 Å². The van der Waals surface area contributed by atoms with E-state index in [-0.39, 0.29) is 29.4 Å². The Balaban J connectivity index is 1.47. The predicted octanol–water partition coefficient (Wildman–Crippen LogP) is 4.15. The average molecular weight is 458 g/mol. The number of fused-ring (bicyclic) bond motifs is 1. The van der Waals surface area contributed by atoms with E-state index in [2.05, 4.69) is 15.1 Å². The largest absolute Gasteiger partial charge is 0.452 e. The number of esters is 1. The fraction of sp³-hybridized carbons (Fsp3) is 0.227. The molecule has 0 unspecified atom stereocenters. The minimum Gasteiger partial charge on any atom is -0.452 e. The Kier molecular flexibility index (Phi) is 5.71. The Hall–Kier alpha value is -4.02. The number of halogens is 3. The maximum Gasteiger partial charge on any atom is 0.416 e. The molecule has 8 nitrogen and oxygen atoms in total. The lowest BCUT2D eigenvalue weighted by molar-refractivity contribution is -0.137. The van der Waals surface area contributed by atoms with Crippen molar-refractivity contribution in [2.24, 2.45) is 0 Å². The van der Waals surface area contributed by atoms with Gasteiger partial charge in [-0.1, -0.05) is 17.3 Å². The third kappa shape index (κ3) is 4.47. The summed E-state index contributed by atoms with van der Waals surface area (Å²) in [6, 6.07) is 8.95. The summed E-state index contributed by atoms with van der Waals surface area (Å²) in [5.74, 6) is -0.620. The maximum absolute atomic E-state index is 12.7. The molecule has 0 bridgehead atoms. The van der Waals surface area contributed by atoms with Crippen molar-refractivity contribution in [3.63, 3.8) is 0 Å². The van der Waals surface area contributed by atoms with Gasteiger partial charge in [-0.2, -0.15) is 18.2 Å². The van der Waals surface area contributed by atoms with Crippen LogP contribution in [0.3, 0.4) is 0 Å². The highest BCUT2D eigenvalue weighted by Crippen LogP contribution is 2.30. The fourth-order valence-corrected chi connectivity index (χ4v) is 3.27. The molecule has 0 radical (unpaired) electrons. The third-order valence-electron chi connectivity index (χ3n) is 4.93. The lowest BCUT2D eigenvalue weighted by atomic mass is 10.1. The zero-order chi connectivity index (χ0) is 23.8. The van der Waals surface area contributed by atoms with Crippen LogP contribution in [0.2, 0.25) is 0 Å². The van der Waals surface area contributed by atoms with Crippen LogP contribution in [0, 0.1) is 6.92 Å². The Bertz CT molecular complexity index is 1390. The van der Waals surface area contributed by atoms with E-state index < -0.39 is 17.7 Å². The number of aromatic nitrogens is 4. The zero-order valence-corrected chi connectivity index (χ0v) is 17.5. The minimum atomic E-state index is -4.44. The SMILES string of the molecule is CCn1c(=O)c(C)nc2cc(C(=O)OCc3nc(-c4ccc(C(F)(F)F)cc4)no3)ccc21. The number of hydrogen-bond acceptors (Lipinski definition) is 7. The molecule has 0 aliphatic heterocycles. The molecule has 0 saturated heterocycles. The number of benzene rings is 2. The minimum absolute atomic E-state index is 0.0205. The summed E-state index contributed by atoms with van der Waals surface area (Å²) in [6.45, 7) is 3.57. The molecule has 4 aromatic rings. The fourth-order valence-electron chi connectivity index (χ4n) is 3.27. The van der Waals surface area contributed by atoms with Gasteiger partial charge in [-0.3, -0.25) is 4.79 Å². The molecular weight excluding hydrogens is 441 g/mol. The normalized spacial score (nSPS) is 11.7. The van der Waals surface area contributed by atoms with Crippen molar-refractivity contribution in [3.8, 4) is 11.4 Å². The first-order valence-electron chi connectivity index (χ1n) is 9.86. The molecule has 33 heavy (non-hydrogen) atoms. The second kappa shape index (κ2) is 8.49. The first-order chi connectivity index (χ1) is 15.7. The van der Waals surface area contributed by atoms with Crippen LogP contribution in [0.25, 0.3) is 22.4 Å². The van der Waals surface area contributed by atoms with Crippen LogP contribution >= 0.6 is 0 Å². The van der Waals surface area contributed by atoms with Crippen molar-refractivity contribution in [1.29, 1.82) is 0 Å². The topological polar surface area (TPSA) is 100 Å². The van der Waals surface area contributed by atoms with Crippen molar-refractivity contribution in [2.45, 2.75) is 33.2 Å². The molecule has 170 valence electrons. The number of carbonyl (C=O) groups excluding carboxylic acids is 1. The van der Waals surface area contributed by atoms with E-state index >= 15 is 0 Å². The van der Waals surface area contributed by atoms with Gasteiger partial charge in [-0.05, 0) is 44.2 Å². The van der Waals surface area contributed by atoms with Gasteiger partial charge in [0.05, 0.1) is 22.2 Å². The molecule has 2 aromatic heterocycles. The highest BCUT2D eigenvalue weighted by atomic mass is 19.4. The van der Waals surface area contributed by atoms with Crippen LogP contribution in [-0.2, 0) is 24.1 Å². The number of carbonyl (C=O) groups is 1. The van der Waals surface area contributed by atoms with Gasteiger partial charge in [-0.25, -0.2) is 9.78 Å². The lowest BCUT2D eigenvalue weighted by Crippen LogP contribution is -2.23. The number of nitrogens with zero attached hydrogens (tertiary/aromatic N) is 4. The van der Waals surface area contributed by atoms with Crippen LogP contribution in [0.4, 0.5) is 13.2 Å². The first-order valence-corrected chi connectivity index (χ1v) is 9.86. The molecule has 2 aromatic carbocycles. The molecule has 0 atom stereocenters. The molecule has 0 amide bonds. The Morgan fingerprint density at radius 2 is 1.85 bits per heavy atom. The third-order valence-corrected chi connectivity index (χ3v) is 4.93. The van der Waals surface area contributed by atoms with Crippen LogP contribution in [0.15, 0.2) is 51.8 Å². The van der Waals surface area contributed by atoms with E-state index in [9.17, 15) is 22.8 Å². The van der Waals surface area contributed by atoms with E-state index in [0.717, 1.165) is 12.1 Å². The average Bonchev–Trinajstić information content (AvgIpc) is 3.26. The van der Waals surface area contributed by atoms with Gasteiger partial charge in [0.2, 0.25) is 5.82 Å². The predicted molar refractivity (Wildman–Crippen MR) is 110 cm³/mol. The number of aryl methyl sites for hydroxylation is 2. The van der Waals surface area contributed by atoms with Gasteiger partial charge in [0.15, 0.2) is 6.61 Å². The number of alkyl halides is 3. The summed E-state index contributed by atoms with van der Waals surface area (Å²) in [7, 11) is 0. The molecule has 4 rings (SSSR count). The van der Waals surface area contributed by atoms with Gasteiger partial charge in [0.1, 0.15) is 5.69 Å². The first kappa shape index (κ1) is 22.2. The molecule has 11 heteroatoms. The Morgan fingerprint density at radius 1 is 1.12 bits per heavy atom. The number of rotatable bonds is 5. The second-order valence-corrected chi connectivity index (χ2v) is 7.11. The Morgan fingerprint density at radius 3 is 2.52 bits per heavy atom. The summed E-state index contributed by atoms with van der Waals surface area (Å²) in [4.78, 5) is 33.0. The van der Waals surface area contributed by atoms with Crippen molar-refractivity contribution in [3.05, 3.63) is 75.5 Å². The highest BCUT2D eigenvalue weighted by molar-refractivity contribution is 5.93. The van der Waals surface area contributed by atoms with Crippen molar-refractivity contribution in [2.75, 3.05) is 0 Å². The molecule has 0 fully saturated rings. The van der Waals surface area contributed by atoms with Crippen LogP contribution in [0.5, 0.6) is 0 Å². The molecule has 0 N–H and O–H groups in total. The van der Waals surface area contributed by atoms with Crippen molar-refractivity contribution < 1.29 is 27.2 Å². The summed E-state index contributed by atoms with van der Waals surface area (Å²) in [6.07, 6.45) is -4.44. The van der Waals surface area contributed by atoms with E-state index in [0.29, 0.717) is 28.8 Å². The van der Waals surface area contributed by atoms with Gasteiger partial charge in [0, 0.05) is 12.1 Å². The quantitative estimate of drug-likeness (QED) is 0.414. The standard InChI is InChI=1S/C22H17F3N4O4/c1-3-29-17-9-6-14(10-16(17)26-12(2)20(29)30)21(31)32-11-18-27-19(28-33-18)13-4-7-15(8-5-13)22(23,24)25/h4-10H,3,11H2,1-2H3. The van der Waals surface area contributed by atoms with Gasteiger partial charge < -0.3 is 13.8 Å². The maximum atomic E-state index is 12.7. The van der Waals surface area contributed by atoms with Crippen LogP contribution in [-0.4, -0.2) is 25.7 Å². The highest BCUT2D eigenvalue weighted by Gasteiger charge is 2.30. The second-order valence-electron chi connectivity index (χ2n) is 7.11. The zero-order valence-electron chi connectivity index (χ0n) is 17.5. The Labute approximate surface area is 184 Å². The summed E-state index contributed by atoms with van der Waals surface area (Å²) in [5.41, 5.74) is 0.950. The van der Waals surface area contributed by atoms with E-state index in [1.54, 1.807) is 17.6 Å². The molecule has 2 heterocycles. The molecule has 0 aliphatic carbocycles. The van der Waals surface area contributed by atoms with Crippen molar-refractivity contribution in [1.82, 2.24) is 19.7 Å². The van der Waals surface area contributed by atoms with Gasteiger partial charge >= 0.3 is 12.1 Å². The lowest BCUT2D eigenvalue weighted by Gasteiger charge is -2.09. The molecule has 0 spiro atoms. The molecular formula is C22H17F3N4O4. The van der Waals surface area contributed by atoms with E-state index in [1.165, 1.54) is 24.3 Å². The number of ether oxygens (including phenoxy) is 1. The van der Waals surface area contributed by atoms with Crippen LogP contribution < -0.4 is 5.56 Å². The molecule has 0 saturated carbocycles. The summed E-state index contributed by atoms with van der Waals surface area (Å²) < 4.78 is 49.9. The molecule has 0 aliphatic rings. The summed E-state index contributed by atoms with van der Waals surface area (Å²) >= 11 is 0. The van der Waals surface area contributed by atoms with Crippen molar-refractivity contribution >= 4 is 17.0 Å². The smallest absolute Gasteiger partial charge is 0.416 e.